The predicted octanol–water partition coefficient (Wildman–Crippen LogP) is 3.74. The second kappa shape index (κ2) is 5.40. The summed E-state index contributed by atoms with van der Waals surface area (Å²) < 4.78 is 13.4. The van der Waals surface area contributed by atoms with Crippen molar-refractivity contribution in [1.82, 2.24) is 5.32 Å². The molecule has 100 valence electrons. The molecule has 0 heterocycles. The minimum absolute atomic E-state index is 0.116. The fraction of sp³-hybridized carbons (Fsp3) is 0.625. The van der Waals surface area contributed by atoms with E-state index < -0.39 is 0 Å². The Balaban J connectivity index is 2.12. The van der Waals surface area contributed by atoms with Crippen molar-refractivity contribution in [3.8, 4) is 0 Å². The lowest BCUT2D eigenvalue weighted by molar-refractivity contribution is 0.132. The van der Waals surface area contributed by atoms with Gasteiger partial charge in [0.25, 0.3) is 0 Å². The van der Waals surface area contributed by atoms with Crippen molar-refractivity contribution in [2.75, 3.05) is 13.1 Å². The zero-order valence-corrected chi connectivity index (χ0v) is 11.7. The highest BCUT2D eigenvalue weighted by Crippen LogP contribution is 2.48. The van der Waals surface area contributed by atoms with Crippen LogP contribution in [0.25, 0.3) is 0 Å². The van der Waals surface area contributed by atoms with Crippen LogP contribution >= 0.6 is 0 Å². The molecular weight excluding hydrogens is 225 g/mol. The third-order valence-corrected chi connectivity index (χ3v) is 4.36. The van der Waals surface area contributed by atoms with Gasteiger partial charge in [0.05, 0.1) is 0 Å². The molecule has 0 aliphatic heterocycles. The molecule has 1 aromatic rings. The van der Waals surface area contributed by atoms with Crippen molar-refractivity contribution in [2.24, 2.45) is 11.8 Å². The van der Waals surface area contributed by atoms with Gasteiger partial charge in [-0.1, -0.05) is 32.9 Å². The molecule has 0 aromatic heterocycles. The van der Waals surface area contributed by atoms with Crippen LogP contribution in [0.1, 0.15) is 39.2 Å². The van der Waals surface area contributed by atoms with Gasteiger partial charge in [-0.05, 0) is 48.9 Å². The average molecular weight is 249 g/mol. The van der Waals surface area contributed by atoms with E-state index in [2.05, 4.69) is 32.2 Å². The van der Waals surface area contributed by atoms with E-state index in [0.717, 1.165) is 18.7 Å². The average Bonchev–Trinajstić information content (AvgIpc) is 2.32. The highest BCUT2D eigenvalue weighted by atomic mass is 19.1. The second-order valence-corrected chi connectivity index (χ2v) is 6.13. The van der Waals surface area contributed by atoms with E-state index in [0.29, 0.717) is 11.8 Å². The Labute approximate surface area is 110 Å². The van der Waals surface area contributed by atoms with Gasteiger partial charge in [0.15, 0.2) is 0 Å². The van der Waals surface area contributed by atoms with Crippen LogP contribution in [-0.4, -0.2) is 13.1 Å². The van der Waals surface area contributed by atoms with E-state index in [1.807, 2.05) is 6.07 Å². The van der Waals surface area contributed by atoms with Gasteiger partial charge in [0.2, 0.25) is 0 Å². The van der Waals surface area contributed by atoms with Crippen LogP contribution in [0.5, 0.6) is 0 Å². The first-order valence-electron chi connectivity index (χ1n) is 7.01. The van der Waals surface area contributed by atoms with Crippen LogP contribution in [0.4, 0.5) is 4.39 Å². The maximum absolute atomic E-state index is 13.4. The lowest BCUT2D eigenvalue weighted by Crippen LogP contribution is -2.50. The summed E-state index contributed by atoms with van der Waals surface area (Å²) >= 11 is 0. The van der Waals surface area contributed by atoms with Crippen molar-refractivity contribution in [3.05, 3.63) is 35.6 Å². The molecule has 1 aliphatic rings. The first kappa shape index (κ1) is 13.5. The summed E-state index contributed by atoms with van der Waals surface area (Å²) in [6.45, 7) is 8.71. The number of hydrogen-bond acceptors (Lipinski definition) is 1. The Morgan fingerprint density at radius 2 is 2.22 bits per heavy atom. The van der Waals surface area contributed by atoms with Crippen LogP contribution in [0, 0.1) is 17.7 Å². The maximum atomic E-state index is 13.4. The van der Waals surface area contributed by atoms with E-state index in [1.54, 1.807) is 6.07 Å². The zero-order valence-electron chi connectivity index (χ0n) is 11.7. The summed E-state index contributed by atoms with van der Waals surface area (Å²) in [6.07, 6.45) is 2.42. The molecular formula is C16H24FN. The van der Waals surface area contributed by atoms with Crippen molar-refractivity contribution in [2.45, 2.75) is 39.0 Å². The molecule has 2 unspecified atom stereocenters. The van der Waals surface area contributed by atoms with Crippen molar-refractivity contribution >= 4 is 0 Å². The number of benzene rings is 1. The molecule has 1 aliphatic carbocycles. The first-order chi connectivity index (χ1) is 8.54. The largest absolute Gasteiger partial charge is 0.316 e. The highest BCUT2D eigenvalue weighted by molar-refractivity contribution is 5.30. The van der Waals surface area contributed by atoms with Crippen LogP contribution in [0.15, 0.2) is 24.3 Å². The van der Waals surface area contributed by atoms with E-state index in [-0.39, 0.29) is 11.2 Å². The number of rotatable bonds is 5. The predicted molar refractivity (Wildman–Crippen MR) is 74.2 cm³/mol. The molecule has 1 fully saturated rings. The Bertz CT molecular complexity index is 402. The Morgan fingerprint density at radius 3 is 2.72 bits per heavy atom. The smallest absolute Gasteiger partial charge is 0.123 e. The molecule has 1 aromatic carbocycles. The van der Waals surface area contributed by atoms with Crippen LogP contribution in [0.2, 0.25) is 0 Å². The van der Waals surface area contributed by atoms with Gasteiger partial charge in [-0.2, -0.15) is 0 Å². The van der Waals surface area contributed by atoms with Gasteiger partial charge in [-0.3, -0.25) is 0 Å². The topological polar surface area (TPSA) is 12.0 Å². The third kappa shape index (κ3) is 2.59. The van der Waals surface area contributed by atoms with Crippen molar-refractivity contribution < 1.29 is 4.39 Å². The summed E-state index contributed by atoms with van der Waals surface area (Å²) in [5.41, 5.74) is 1.31. The fourth-order valence-corrected chi connectivity index (χ4v) is 2.96. The summed E-state index contributed by atoms with van der Waals surface area (Å²) in [6, 6.07) is 7.16. The minimum atomic E-state index is -0.116. The normalized spacial score (nSPS) is 27.3. The molecule has 2 heteroatoms. The summed E-state index contributed by atoms with van der Waals surface area (Å²) in [7, 11) is 0. The monoisotopic (exact) mass is 249 g/mol. The van der Waals surface area contributed by atoms with Crippen LogP contribution in [-0.2, 0) is 5.41 Å². The van der Waals surface area contributed by atoms with Gasteiger partial charge in [-0.25, -0.2) is 4.39 Å². The minimum Gasteiger partial charge on any atom is -0.316 e. The molecule has 0 saturated heterocycles. The van der Waals surface area contributed by atoms with E-state index in [9.17, 15) is 4.39 Å². The second-order valence-electron chi connectivity index (χ2n) is 6.13. The number of hydrogen-bond donors (Lipinski definition) is 1. The molecule has 18 heavy (non-hydrogen) atoms. The SMILES string of the molecule is CC(C)CNCC1(c2cccc(F)c2)CCC1C. The zero-order chi connectivity index (χ0) is 13.2. The molecule has 2 atom stereocenters. The van der Waals surface area contributed by atoms with Crippen molar-refractivity contribution in [3.63, 3.8) is 0 Å². The standard InChI is InChI=1S/C16H24FN/c1-12(2)10-18-11-16(8-7-13(16)3)14-5-4-6-15(17)9-14/h4-6,9,12-13,18H,7-8,10-11H2,1-3H3. The molecule has 0 bridgehead atoms. The Kier molecular flexibility index (Phi) is 4.06. The quantitative estimate of drug-likeness (QED) is 0.838. The Hall–Kier alpha value is -0.890. The van der Waals surface area contributed by atoms with Gasteiger partial charge in [-0.15, -0.1) is 0 Å². The first-order valence-corrected chi connectivity index (χ1v) is 7.01. The van der Waals surface area contributed by atoms with Gasteiger partial charge < -0.3 is 5.32 Å². The lowest BCUT2D eigenvalue weighted by Gasteiger charge is -2.49. The molecule has 1 nitrogen and oxygen atoms in total. The third-order valence-electron chi connectivity index (χ3n) is 4.36. The molecule has 1 saturated carbocycles. The number of halogens is 1. The molecule has 0 spiro atoms. The van der Waals surface area contributed by atoms with Gasteiger partial charge in [0, 0.05) is 12.0 Å². The van der Waals surface area contributed by atoms with Crippen LogP contribution < -0.4 is 5.32 Å². The van der Waals surface area contributed by atoms with E-state index >= 15 is 0 Å². The molecule has 2 rings (SSSR count). The lowest BCUT2D eigenvalue weighted by atomic mass is 9.57. The summed E-state index contributed by atoms with van der Waals surface area (Å²) in [5, 5.41) is 3.55. The highest BCUT2D eigenvalue weighted by Gasteiger charge is 2.44. The molecule has 1 N–H and O–H groups in total. The number of nitrogens with one attached hydrogen (secondary N) is 1. The van der Waals surface area contributed by atoms with Gasteiger partial charge >= 0.3 is 0 Å². The maximum Gasteiger partial charge on any atom is 0.123 e. The van der Waals surface area contributed by atoms with E-state index in [1.165, 1.54) is 18.9 Å². The summed E-state index contributed by atoms with van der Waals surface area (Å²) in [4.78, 5) is 0. The molecule has 0 amide bonds. The van der Waals surface area contributed by atoms with Crippen molar-refractivity contribution in [1.29, 1.82) is 0 Å². The molecule has 0 radical (unpaired) electrons. The van der Waals surface area contributed by atoms with Gasteiger partial charge in [0.1, 0.15) is 5.82 Å². The van der Waals surface area contributed by atoms with Crippen LogP contribution in [0.3, 0.4) is 0 Å². The summed E-state index contributed by atoms with van der Waals surface area (Å²) in [5.74, 6) is 1.18. The fourth-order valence-electron chi connectivity index (χ4n) is 2.96. The Morgan fingerprint density at radius 1 is 1.44 bits per heavy atom. The van der Waals surface area contributed by atoms with E-state index in [4.69, 9.17) is 0 Å².